The topological polar surface area (TPSA) is 12.9 Å². The van der Waals surface area contributed by atoms with Gasteiger partial charge < -0.3 is 0 Å². The third kappa shape index (κ3) is 4.28. The number of nitrogens with zero attached hydrogens (tertiary/aromatic N) is 1. The summed E-state index contributed by atoms with van der Waals surface area (Å²) < 4.78 is 0. The molecule has 0 saturated heterocycles. The molecule has 7 rings (SSSR count). The van der Waals surface area contributed by atoms with Crippen molar-refractivity contribution < 1.29 is 0 Å². The number of fused-ring (bicyclic) bond motifs is 1. The van der Waals surface area contributed by atoms with Gasteiger partial charge in [-0.15, -0.1) is 11.3 Å². The predicted molar refractivity (Wildman–Crippen MR) is 164 cm³/mol. The van der Waals surface area contributed by atoms with Gasteiger partial charge in [-0.2, -0.15) is 0 Å². The van der Waals surface area contributed by atoms with E-state index in [0.29, 0.717) is 0 Å². The molecule has 6 aromatic rings. The number of pyridine rings is 1. The highest BCUT2D eigenvalue weighted by molar-refractivity contribution is 7.19. The maximum Gasteiger partial charge on any atom is 0.0430 e. The Balaban J connectivity index is 1.53. The van der Waals surface area contributed by atoms with Gasteiger partial charge in [0.1, 0.15) is 0 Å². The van der Waals surface area contributed by atoms with Crippen LogP contribution in [-0.4, -0.2) is 4.98 Å². The molecule has 2 heterocycles. The fourth-order valence-corrected chi connectivity index (χ4v) is 6.99. The van der Waals surface area contributed by atoms with E-state index in [-0.39, 0.29) is 0 Å². The van der Waals surface area contributed by atoms with Gasteiger partial charge in [-0.25, -0.2) is 0 Å². The van der Waals surface area contributed by atoms with Crippen LogP contribution in [0, 0.1) is 12.1 Å². The Kier molecular flexibility index (Phi) is 6.13. The Morgan fingerprint density at radius 2 is 1.33 bits per heavy atom. The second-order valence-electron chi connectivity index (χ2n) is 9.69. The highest BCUT2D eigenvalue weighted by Crippen LogP contribution is 2.51. The lowest BCUT2D eigenvalue weighted by Gasteiger charge is -2.16. The van der Waals surface area contributed by atoms with E-state index >= 15 is 0 Å². The van der Waals surface area contributed by atoms with E-state index in [2.05, 4.69) is 115 Å². The number of allylic oxidation sites excluding steroid dienone is 1. The molecule has 1 aliphatic carbocycles. The van der Waals surface area contributed by atoms with E-state index in [1.165, 1.54) is 48.7 Å². The molecule has 2 aromatic heterocycles. The van der Waals surface area contributed by atoms with Crippen LogP contribution in [0.15, 0.2) is 122 Å². The van der Waals surface area contributed by atoms with E-state index < -0.39 is 0 Å². The van der Waals surface area contributed by atoms with Gasteiger partial charge in [0.2, 0.25) is 0 Å². The van der Waals surface area contributed by atoms with Crippen LogP contribution in [0.2, 0.25) is 0 Å². The molecule has 0 saturated carbocycles. The van der Waals surface area contributed by atoms with Gasteiger partial charge in [0.05, 0.1) is 0 Å². The van der Waals surface area contributed by atoms with Gasteiger partial charge in [0, 0.05) is 50.0 Å². The molecule has 184 valence electrons. The first kappa shape index (κ1) is 23.4. The normalized spacial score (nSPS) is 12.1. The van der Waals surface area contributed by atoms with Crippen LogP contribution >= 0.6 is 11.3 Å². The summed E-state index contributed by atoms with van der Waals surface area (Å²) >= 11 is 1.90. The van der Waals surface area contributed by atoms with Gasteiger partial charge in [-0.3, -0.25) is 4.98 Å². The summed E-state index contributed by atoms with van der Waals surface area (Å²) in [6.45, 7) is 0. The molecule has 0 amide bonds. The van der Waals surface area contributed by atoms with Gasteiger partial charge in [-0.1, -0.05) is 115 Å². The van der Waals surface area contributed by atoms with Crippen molar-refractivity contribution in [1.82, 2.24) is 4.98 Å². The quantitative estimate of drug-likeness (QED) is 0.223. The summed E-state index contributed by atoms with van der Waals surface area (Å²) in [6.07, 6.45) is 10.7. The number of aromatic nitrogens is 1. The largest absolute Gasteiger partial charge is 0.263 e. The zero-order chi connectivity index (χ0) is 26.0. The Morgan fingerprint density at radius 1 is 0.641 bits per heavy atom. The van der Waals surface area contributed by atoms with Gasteiger partial charge >= 0.3 is 0 Å². The lowest BCUT2D eigenvalue weighted by atomic mass is 9.88. The van der Waals surface area contributed by atoms with E-state index in [0.717, 1.165) is 29.5 Å². The van der Waals surface area contributed by atoms with Crippen LogP contribution < -0.4 is 0 Å². The maximum atomic E-state index is 4.71. The van der Waals surface area contributed by atoms with E-state index in [9.17, 15) is 0 Å². The zero-order valence-electron chi connectivity index (χ0n) is 21.4. The number of thiophene rings is 1. The minimum atomic E-state index is 1.01. The van der Waals surface area contributed by atoms with Crippen LogP contribution in [0.3, 0.4) is 0 Å². The highest BCUT2D eigenvalue weighted by Gasteiger charge is 2.26. The molecular formula is C37H25NS. The summed E-state index contributed by atoms with van der Waals surface area (Å²) in [6, 6.07) is 42.7. The Hall–Kier alpha value is -4.71. The molecule has 0 bridgehead atoms. The van der Waals surface area contributed by atoms with Crippen molar-refractivity contribution in [3.8, 4) is 54.3 Å². The third-order valence-electron chi connectivity index (χ3n) is 7.35. The van der Waals surface area contributed by atoms with Crippen molar-refractivity contribution in [3.63, 3.8) is 0 Å². The molecule has 2 heteroatoms. The van der Waals surface area contributed by atoms with Crippen LogP contribution in [0.25, 0.3) is 60.3 Å². The Labute approximate surface area is 233 Å². The van der Waals surface area contributed by atoms with E-state index in [1.54, 1.807) is 0 Å². The molecular weight excluding hydrogens is 490 g/mol. The lowest BCUT2D eigenvalue weighted by Crippen LogP contribution is -1.96. The number of rotatable bonds is 5. The average Bonchev–Trinajstić information content (AvgIpc) is 3.41. The summed E-state index contributed by atoms with van der Waals surface area (Å²) in [5.74, 6) is 0. The molecule has 0 atom stereocenters. The van der Waals surface area contributed by atoms with Crippen LogP contribution in [-0.2, 0) is 6.42 Å². The maximum absolute atomic E-state index is 4.71. The number of hydrogen-bond donors (Lipinski definition) is 0. The van der Waals surface area contributed by atoms with E-state index in [4.69, 9.17) is 4.98 Å². The van der Waals surface area contributed by atoms with Crippen molar-refractivity contribution in [2.75, 3.05) is 0 Å². The molecule has 0 radical (unpaired) electrons. The third-order valence-corrected chi connectivity index (χ3v) is 8.65. The molecule has 0 spiro atoms. The molecule has 0 unspecified atom stereocenters. The number of hydrogen-bond acceptors (Lipinski definition) is 2. The highest BCUT2D eigenvalue weighted by atomic mass is 32.1. The van der Waals surface area contributed by atoms with Crippen LogP contribution in [0.4, 0.5) is 0 Å². The minimum Gasteiger partial charge on any atom is -0.263 e. The fourth-order valence-electron chi connectivity index (χ4n) is 5.54. The summed E-state index contributed by atoms with van der Waals surface area (Å²) in [5.41, 5.74) is 12.2. The van der Waals surface area contributed by atoms with Crippen molar-refractivity contribution in [1.29, 1.82) is 0 Å². The van der Waals surface area contributed by atoms with E-state index in [1.807, 2.05) is 35.9 Å². The average molecular weight is 516 g/mol. The standard InChI is InChI=1S/C37H25NS/c1-4-14-26(15-5-1)29-20-10-11-21-30(29)36-31-22-12-13-23-32(31)37(39-36)35-33(27-16-6-2-7-17-27)24-38-25-34(35)28-18-8-3-9-19-28/h1-8,10-12,14-18,20-22,24-25H,13,23H2. The molecule has 0 N–H and O–H groups in total. The van der Waals surface area contributed by atoms with Gasteiger partial charge in [0.25, 0.3) is 0 Å². The van der Waals surface area contributed by atoms with Crippen LogP contribution in [0.5, 0.6) is 0 Å². The zero-order valence-corrected chi connectivity index (χ0v) is 22.2. The minimum absolute atomic E-state index is 1.01. The lowest BCUT2D eigenvalue weighted by molar-refractivity contribution is 0.996. The molecule has 39 heavy (non-hydrogen) atoms. The van der Waals surface area contributed by atoms with Crippen molar-refractivity contribution in [3.05, 3.63) is 145 Å². The monoisotopic (exact) mass is 515 g/mol. The van der Waals surface area contributed by atoms with Crippen LogP contribution in [0.1, 0.15) is 17.5 Å². The SMILES string of the molecule is c1cccc(-c2cncc(-c3ccccc3)c2-c2sc(-c3ccccc3-c3ccccc3)c3c2CCC=C3)c#1. The summed E-state index contributed by atoms with van der Waals surface area (Å²) in [4.78, 5) is 7.35. The first-order chi connectivity index (χ1) is 19.4. The van der Waals surface area contributed by atoms with Gasteiger partial charge in [0.15, 0.2) is 0 Å². The summed E-state index contributed by atoms with van der Waals surface area (Å²) in [5, 5.41) is 0. The molecule has 1 aliphatic rings. The number of benzene rings is 3. The van der Waals surface area contributed by atoms with Crippen molar-refractivity contribution >= 4 is 17.4 Å². The molecule has 4 aromatic carbocycles. The Bertz CT molecular complexity index is 1720. The molecule has 1 nitrogen and oxygen atoms in total. The fraction of sp³-hybridized carbons (Fsp3) is 0.0541. The smallest absolute Gasteiger partial charge is 0.0430 e. The van der Waals surface area contributed by atoms with Crippen molar-refractivity contribution in [2.45, 2.75) is 12.8 Å². The summed E-state index contributed by atoms with van der Waals surface area (Å²) in [7, 11) is 0. The second-order valence-corrected chi connectivity index (χ2v) is 10.7. The Morgan fingerprint density at radius 3 is 2.08 bits per heavy atom. The molecule has 0 fully saturated rings. The first-order valence-corrected chi connectivity index (χ1v) is 14.1. The van der Waals surface area contributed by atoms with Crippen molar-refractivity contribution in [2.24, 2.45) is 0 Å². The first-order valence-electron chi connectivity index (χ1n) is 13.3. The van der Waals surface area contributed by atoms with Gasteiger partial charge in [-0.05, 0) is 52.8 Å². The second kappa shape index (κ2) is 10.2. The molecule has 0 aliphatic heterocycles. The predicted octanol–water partition coefficient (Wildman–Crippen LogP) is 10.0.